The van der Waals surface area contributed by atoms with Crippen LogP contribution >= 0.6 is 0 Å². The van der Waals surface area contributed by atoms with E-state index >= 15 is 0 Å². The van der Waals surface area contributed by atoms with Crippen LogP contribution in [0, 0.1) is 0 Å². The smallest absolute Gasteiger partial charge is 0.240 e. The fraction of sp³-hybridized carbons (Fsp3) is 0.455. The minimum absolute atomic E-state index is 0.0365. The second-order valence-electron chi connectivity index (χ2n) is 4.28. The van der Waals surface area contributed by atoms with Gasteiger partial charge in [-0.3, -0.25) is 4.79 Å². The summed E-state index contributed by atoms with van der Waals surface area (Å²) < 4.78 is 26.6. The van der Waals surface area contributed by atoms with Crippen LogP contribution in [0.15, 0.2) is 23.2 Å². The van der Waals surface area contributed by atoms with E-state index in [-0.39, 0.29) is 23.4 Å². The van der Waals surface area contributed by atoms with Crippen molar-refractivity contribution in [2.45, 2.75) is 23.8 Å². The Bertz CT molecular complexity index is 573. The Morgan fingerprint density at radius 2 is 2.32 bits per heavy atom. The third kappa shape index (κ3) is 3.42. The SMILES string of the molecule is CNc1cc(S(=O)(=O)NCC2CCC(=O)N2)ccn1. The van der Waals surface area contributed by atoms with E-state index in [2.05, 4.69) is 20.3 Å². The molecule has 1 fully saturated rings. The summed E-state index contributed by atoms with van der Waals surface area (Å²) in [6.45, 7) is 0.200. The lowest BCUT2D eigenvalue weighted by molar-refractivity contribution is -0.119. The number of nitrogens with one attached hydrogen (secondary N) is 3. The van der Waals surface area contributed by atoms with Gasteiger partial charge in [0.25, 0.3) is 0 Å². The van der Waals surface area contributed by atoms with E-state index in [0.717, 1.165) is 0 Å². The van der Waals surface area contributed by atoms with Crippen LogP contribution < -0.4 is 15.4 Å². The van der Waals surface area contributed by atoms with Crippen LogP contribution in [-0.2, 0) is 14.8 Å². The number of pyridine rings is 1. The number of amides is 1. The number of carbonyl (C=O) groups is 1. The third-order valence-corrected chi connectivity index (χ3v) is 4.32. The summed E-state index contributed by atoms with van der Waals surface area (Å²) in [5.74, 6) is 0.447. The lowest BCUT2D eigenvalue weighted by Crippen LogP contribution is -2.38. The standard InChI is InChI=1S/C11H16N4O3S/c1-12-10-6-9(4-5-13-10)19(17,18)14-7-8-2-3-11(16)15-8/h4-6,8,14H,2-3,7H2,1H3,(H,12,13)(H,15,16). The van der Waals surface area contributed by atoms with E-state index in [1.54, 1.807) is 7.05 Å². The summed E-state index contributed by atoms with van der Waals surface area (Å²) in [5, 5.41) is 5.49. The van der Waals surface area contributed by atoms with Crippen LogP contribution in [0.25, 0.3) is 0 Å². The molecule has 0 spiro atoms. The van der Waals surface area contributed by atoms with Gasteiger partial charge >= 0.3 is 0 Å². The predicted octanol–water partition coefficient (Wildman–Crippen LogP) is -0.320. The Balaban J connectivity index is 2.03. The highest BCUT2D eigenvalue weighted by molar-refractivity contribution is 7.89. The molecule has 0 saturated carbocycles. The molecule has 3 N–H and O–H groups in total. The lowest BCUT2D eigenvalue weighted by Gasteiger charge is -2.12. The predicted molar refractivity (Wildman–Crippen MR) is 70.1 cm³/mol. The first-order valence-electron chi connectivity index (χ1n) is 5.94. The van der Waals surface area contributed by atoms with Crippen LogP contribution in [0.5, 0.6) is 0 Å². The van der Waals surface area contributed by atoms with Crippen molar-refractivity contribution in [3.05, 3.63) is 18.3 Å². The second-order valence-corrected chi connectivity index (χ2v) is 6.05. The second kappa shape index (κ2) is 5.54. The van der Waals surface area contributed by atoms with Gasteiger partial charge in [0.05, 0.1) is 4.90 Å². The summed E-state index contributed by atoms with van der Waals surface area (Å²) in [6, 6.07) is 2.75. The molecule has 0 aromatic carbocycles. The number of nitrogens with zero attached hydrogens (tertiary/aromatic N) is 1. The van der Waals surface area contributed by atoms with E-state index in [1.807, 2.05) is 0 Å². The average molecular weight is 284 g/mol. The van der Waals surface area contributed by atoms with Crippen molar-refractivity contribution in [3.63, 3.8) is 0 Å². The third-order valence-electron chi connectivity index (χ3n) is 2.90. The summed E-state index contributed by atoms with van der Waals surface area (Å²) in [6.07, 6.45) is 2.53. The highest BCUT2D eigenvalue weighted by Crippen LogP contribution is 2.13. The summed E-state index contributed by atoms with van der Waals surface area (Å²) in [7, 11) is -1.91. The molecule has 1 aromatic heterocycles. The molecule has 19 heavy (non-hydrogen) atoms. The first-order valence-corrected chi connectivity index (χ1v) is 7.42. The number of hydrogen-bond donors (Lipinski definition) is 3. The Morgan fingerprint density at radius 3 is 2.95 bits per heavy atom. The molecule has 8 heteroatoms. The largest absolute Gasteiger partial charge is 0.373 e. The summed E-state index contributed by atoms with van der Waals surface area (Å²) in [5.41, 5.74) is 0. The van der Waals surface area contributed by atoms with Crippen LogP contribution in [0.2, 0.25) is 0 Å². The molecule has 2 rings (SSSR count). The van der Waals surface area contributed by atoms with Crippen LogP contribution in [0.4, 0.5) is 5.82 Å². The molecule has 1 amide bonds. The molecule has 1 aromatic rings. The molecule has 1 saturated heterocycles. The Labute approximate surface area is 111 Å². The van der Waals surface area contributed by atoms with Gasteiger partial charge in [0.15, 0.2) is 0 Å². The topological polar surface area (TPSA) is 100 Å². The number of aromatic nitrogens is 1. The maximum Gasteiger partial charge on any atom is 0.240 e. The molecule has 0 radical (unpaired) electrons. The molecule has 1 aliphatic rings. The molecule has 104 valence electrons. The quantitative estimate of drug-likeness (QED) is 0.688. The van der Waals surface area contributed by atoms with Crippen molar-refractivity contribution in [2.24, 2.45) is 0 Å². The lowest BCUT2D eigenvalue weighted by atomic mass is 10.2. The fourth-order valence-corrected chi connectivity index (χ4v) is 2.93. The summed E-state index contributed by atoms with van der Waals surface area (Å²) >= 11 is 0. The molecular formula is C11H16N4O3S. The molecular weight excluding hydrogens is 268 g/mol. The highest BCUT2D eigenvalue weighted by atomic mass is 32.2. The van der Waals surface area contributed by atoms with Crippen LogP contribution in [0.3, 0.4) is 0 Å². The van der Waals surface area contributed by atoms with Crippen molar-refractivity contribution in [1.29, 1.82) is 0 Å². The first kappa shape index (κ1) is 13.8. The fourth-order valence-electron chi connectivity index (χ4n) is 1.84. The van der Waals surface area contributed by atoms with Crippen molar-refractivity contribution < 1.29 is 13.2 Å². The zero-order valence-corrected chi connectivity index (χ0v) is 11.3. The van der Waals surface area contributed by atoms with Gasteiger partial charge in [-0.25, -0.2) is 18.1 Å². The molecule has 1 unspecified atom stereocenters. The zero-order valence-electron chi connectivity index (χ0n) is 10.5. The first-order chi connectivity index (χ1) is 9.01. The average Bonchev–Trinajstić information content (AvgIpc) is 2.82. The van der Waals surface area contributed by atoms with Crippen LogP contribution in [-0.4, -0.2) is 38.9 Å². The zero-order chi connectivity index (χ0) is 13.9. The van der Waals surface area contributed by atoms with E-state index in [9.17, 15) is 13.2 Å². The minimum atomic E-state index is -3.58. The number of sulfonamides is 1. The van der Waals surface area contributed by atoms with Crippen molar-refractivity contribution in [2.75, 3.05) is 18.9 Å². The Morgan fingerprint density at radius 1 is 1.53 bits per heavy atom. The van der Waals surface area contributed by atoms with Gasteiger partial charge < -0.3 is 10.6 Å². The van der Waals surface area contributed by atoms with Gasteiger partial charge in [-0.15, -0.1) is 0 Å². The maximum absolute atomic E-state index is 12.1. The van der Waals surface area contributed by atoms with Gasteiger partial charge in [0.2, 0.25) is 15.9 Å². The van der Waals surface area contributed by atoms with Gasteiger partial charge in [-0.1, -0.05) is 0 Å². The van der Waals surface area contributed by atoms with Crippen molar-refractivity contribution in [3.8, 4) is 0 Å². The van der Waals surface area contributed by atoms with Gasteiger partial charge in [-0.05, 0) is 12.5 Å². The molecule has 2 heterocycles. The number of anilines is 1. The van der Waals surface area contributed by atoms with E-state index < -0.39 is 10.0 Å². The number of hydrogen-bond acceptors (Lipinski definition) is 5. The molecule has 0 aliphatic carbocycles. The van der Waals surface area contributed by atoms with E-state index in [0.29, 0.717) is 18.7 Å². The molecule has 1 aliphatic heterocycles. The molecule has 1 atom stereocenters. The van der Waals surface area contributed by atoms with Crippen molar-refractivity contribution in [1.82, 2.24) is 15.0 Å². The number of rotatable bonds is 5. The van der Waals surface area contributed by atoms with E-state index in [1.165, 1.54) is 18.3 Å². The van der Waals surface area contributed by atoms with Gasteiger partial charge in [0.1, 0.15) is 5.82 Å². The maximum atomic E-state index is 12.1. The van der Waals surface area contributed by atoms with Gasteiger partial charge in [-0.2, -0.15) is 0 Å². The number of carbonyl (C=O) groups excluding carboxylic acids is 1. The highest BCUT2D eigenvalue weighted by Gasteiger charge is 2.23. The van der Waals surface area contributed by atoms with E-state index in [4.69, 9.17) is 0 Å². The molecule has 7 nitrogen and oxygen atoms in total. The van der Waals surface area contributed by atoms with Crippen LogP contribution in [0.1, 0.15) is 12.8 Å². The Kier molecular flexibility index (Phi) is 4.01. The minimum Gasteiger partial charge on any atom is -0.373 e. The van der Waals surface area contributed by atoms with Gasteiger partial charge in [0, 0.05) is 38.3 Å². The normalized spacial score (nSPS) is 19.2. The Hall–Kier alpha value is -1.67. The monoisotopic (exact) mass is 284 g/mol. The summed E-state index contributed by atoms with van der Waals surface area (Å²) in [4.78, 5) is 15.1. The molecule has 0 bridgehead atoms. The van der Waals surface area contributed by atoms with Crippen molar-refractivity contribution >= 4 is 21.7 Å².